The molecule has 0 aliphatic carbocycles. The lowest BCUT2D eigenvalue weighted by atomic mass is 10.1. The van der Waals surface area contributed by atoms with E-state index in [-0.39, 0.29) is 12.5 Å². The third-order valence-electron chi connectivity index (χ3n) is 4.33. The van der Waals surface area contributed by atoms with E-state index < -0.39 is 5.97 Å². The van der Waals surface area contributed by atoms with Gasteiger partial charge in [-0.05, 0) is 42.6 Å². The van der Waals surface area contributed by atoms with Gasteiger partial charge in [-0.25, -0.2) is 4.79 Å². The largest absolute Gasteiger partial charge is 0.497 e. The summed E-state index contributed by atoms with van der Waals surface area (Å²) in [6.45, 7) is 2.06. The van der Waals surface area contributed by atoms with Gasteiger partial charge in [0, 0.05) is 11.9 Å². The first-order chi connectivity index (χ1) is 13.1. The summed E-state index contributed by atoms with van der Waals surface area (Å²) in [4.78, 5) is 26.5. The predicted molar refractivity (Wildman–Crippen MR) is 105 cm³/mol. The number of hydrogen-bond acceptors (Lipinski definition) is 4. The topological polar surface area (TPSA) is 55.8 Å². The molecule has 0 aliphatic rings. The molecule has 0 radical (unpaired) electrons. The van der Waals surface area contributed by atoms with E-state index in [1.807, 2.05) is 49.4 Å². The summed E-state index contributed by atoms with van der Waals surface area (Å²) in [6, 6.07) is 20.2. The molecule has 5 heteroatoms. The number of rotatable bonds is 6. The number of anilines is 1. The maximum atomic E-state index is 12.7. The Labute approximate surface area is 158 Å². The number of fused-ring (bicyclic) bond motifs is 1. The fourth-order valence-electron chi connectivity index (χ4n) is 2.94. The van der Waals surface area contributed by atoms with Gasteiger partial charge >= 0.3 is 5.97 Å². The van der Waals surface area contributed by atoms with Crippen LogP contribution in [-0.2, 0) is 9.53 Å². The zero-order chi connectivity index (χ0) is 19.2. The second-order valence-electron chi connectivity index (χ2n) is 5.94. The van der Waals surface area contributed by atoms with Crippen LogP contribution >= 0.6 is 0 Å². The van der Waals surface area contributed by atoms with E-state index in [4.69, 9.17) is 9.47 Å². The fourth-order valence-corrected chi connectivity index (χ4v) is 2.94. The zero-order valence-electron chi connectivity index (χ0n) is 15.3. The van der Waals surface area contributed by atoms with E-state index in [1.54, 1.807) is 36.3 Å². The summed E-state index contributed by atoms with van der Waals surface area (Å²) in [5, 5.41) is 2.04. The SMILES string of the molecule is CCN(C(=O)COC(=O)c1ccc(OC)cc1)c1cccc2ccccc12. The Morgan fingerprint density at radius 2 is 1.63 bits per heavy atom. The average Bonchev–Trinajstić information content (AvgIpc) is 2.72. The van der Waals surface area contributed by atoms with Crippen molar-refractivity contribution in [3.05, 3.63) is 72.3 Å². The van der Waals surface area contributed by atoms with Crippen LogP contribution in [0.1, 0.15) is 17.3 Å². The Balaban J connectivity index is 1.72. The van der Waals surface area contributed by atoms with Crippen molar-refractivity contribution in [3.63, 3.8) is 0 Å². The molecule has 3 aromatic carbocycles. The summed E-state index contributed by atoms with van der Waals surface area (Å²) < 4.78 is 10.3. The van der Waals surface area contributed by atoms with Gasteiger partial charge in [0.05, 0.1) is 18.4 Å². The van der Waals surface area contributed by atoms with Crippen LogP contribution in [0, 0.1) is 0 Å². The number of benzene rings is 3. The van der Waals surface area contributed by atoms with Crippen molar-refractivity contribution in [2.45, 2.75) is 6.92 Å². The lowest BCUT2D eigenvalue weighted by molar-refractivity contribution is -0.121. The van der Waals surface area contributed by atoms with Crippen LogP contribution in [0.4, 0.5) is 5.69 Å². The van der Waals surface area contributed by atoms with Crippen LogP contribution in [0.5, 0.6) is 5.75 Å². The molecule has 5 nitrogen and oxygen atoms in total. The number of amides is 1. The third-order valence-corrected chi connectivity index (χ3v) is 4.33. The second kappa shape index (κ2) is 8.36. The molecule has 27 heavy (non-hydrogen) atoms. The molecule has 0 bridgehead atoms. The lowest BCUT2D eigenvalue weighted by Crippen LogP contribution is -2.34. The van der Waals surface area contributed by atoms with Crippen LogP contribution in [-0.4, -0.2) is 32.1 Å². The van der Waals surface area contributed by atoms with Crippen molar-refractivity contribution in [2.75, 3.05) is 25.2 Å². The van der Waals surface area contributed by atoms with E-state index >= 15 is 0 Å². The van der Waals surface area contributed by atoms with Gasteiger partial charge in [0.25, 0.3) is 5.91 Å². The summed E-state index contributed by atoms with van der Waals surface area (Å²) in [7, 11) is 1.55. The number of esters is 1. The van der Waals surface area contributed by atoms with E-state index in [2.05, 4.69) is 0 Å². The molecular formula is C22H21NO4. The van der Waals surface area contributed by atoms with Gasteiger partial charge < -0.3 is 14.4 Å². The van der Waals surface area contributed by atoms with Gasteiger partial charge in [-0.15, -0.1) is 0 Å². The molecule has 0 fully saturated rings. The number of carbonyl (C=O) groups excluding carboxylic acids is 2. The van der Waals surface area contributed by atoms with Crippen molar-refractivity contribution in [1.82, 2.24) is 0 Å². The molecule has 0 heterocycles. The molecule has 3 aromatic rings. The smallest absolute Gasteiger partial charge is 0.338 e. The molecule has 0 atom stereocenters. The van der Waals surface area contributed by atoms with E-state index in [0.29, 0.717) is 17.9 Å². The molecule has 0 N–H and O–H groups in total. The first-order valence-corrected chi connectivity index (χ1v) is 8.73. The number of likely N-dealkylation sites (N-methyl/N-ethyl adjacent to an activating group) is 1. The van der Waals surface area contributed by atoms with Crippen LogP contribution in [0.15, 0.2) is 66.7 Å². The fraction of sp³-hybridized carbons (Fsp3) is 0.182. The number of methoxy groups -OCH3 is 1. The summed E-state index contributed by atoms with van der Waals surface area (Å²) in [6.07, 6.45) is 0. The van der Waals surface area contributed by atoms with Crippen LogP contribution in [0.2, 0.25) is 0 Å². The highest BCUT2D eigenvalue weighted by molar-refractivity contribution is 6.04. The third kappa shape index (κ3) is 4.08. The van der Waals surface area contributed by atoms with Gasteiger partial charge in [-0.2, -0.15) is 0 Å². The molecule has 0 saturated carbocycles. The standard InChI is InChI=1S/C22H21NO4/c1-3-23(20-10-6-8-16-7-4-5-9-19(16)20)21(24)15-27-22(25)17-11-13-18(26-2)14-12-17/h4-14H,3,15H2,1-2H3. The van der Waals surface area contributed by atoms with Crippen LogP contribution in [0.25, 0.3) is 10.8 Å². The molecular weight excluding hydrogens is 342 g/mol. The van der Waals surface area contributed by atoms with Gasteiger partial charge in [-0.3, -0.25) is 4.79 Å². The molecule has 1 amide bonds. The molecule has 0 spiro atoms. The van der Waals surface area contributed by atoms with Gasteiger partial charge in [0.1, 0.15) is 5.75 Å². The quantitative estimate of drug-likeness (QED) is 0.620. The predicted octanol–water partition coefficient (Wildman–Crippen LogP) is 4.06. The van der Waals surface area contributed by atoms with Crippen molar-refractivity contribution in [2.24, 2.45) is 0 Å². The summed E-state index contributed by atoms with van der Waals surface area (Å²) in [5.74, 6) is -0.161. The maximum Gasteiger partial charge on any atom is 0.338 e. The van der Waals surface area contributed by atoms with Gasteiger partial charge in [-0.1, -0.05) is 36.4 Å². The molecule has 138 valence electrons. The van der Waals surface area contributed by atoms with Gasteiger partial charge in [0.15, 0.2) is 6.61 Å². The minimum atomic E-state index is -0.542. The first-order valence-electron chi connectivity index (χ1n) is 8.73. The number of nitrogens with zero attached hydrogens (tertiary/aromatic N) is 1. The summed E-state index contributed by atoms with van der Waals surface area (Å²) in [5.41, 5.74) is 1.18. The van der Waals surface area contributed by atoms with Crippen LogP contribution in [0.3, 0.4) is 0 Å². The number of carbonyl (C=O) groups is 2. The maximum absolute atomic E-state index is 12.7. The van der Waals surface area contributed by atoms with Crippen molar-refractivity contribution in [1.29, 1.82) is 0 Å². The number of ether oxygens (including phenoxy) is 2. The Hall–Kier alpha value is -3.34. The Kier molecular flexibility index (Phi) is 5.71. The zero-order valence-corrected chi connectivity index (χ0v) is 15.3. The van der Waals surface area contributed by atoms with E-state index in [0.717, 1.165) is 16.5 Å². The van der Waals surface area contributed by atoms with Gasteiger partial charge in [0.2, 0.25) is 0 Å². The Bertz CT molecular complexity index is 945. The lowest BCUT2D eigenvalue weighted by Gasteiger charge is -2.22. The highest BCUT2D eigenvalue weighted by Gasteiger charge is 2.18. The highest BCUT2D eigenvalue weighted by atomic mass is 16.5. The molecule has 0 unspecified atom stereocenters. The first kappa shape index (κ1) is 18.5. The van der Waals surface area contributed by atoms with E-state index in [1.165, 1.54) is 0 Å². The van der Waals surface area contributed by atoms with E-state index in [9.17, 15) is 9.59 Å². The second-order valence-corrected chi connectivity index (χ2v) is 5.94. The minimum Gasteiger partial charge on any atom is -0.497 e. The Morgan fingerprint density at radius 1 is 0.926 bits per heavy atom. The minimum absolute atomic E-state index is 0.268. The molecule has 0 aromatic heterocycles. The average molecular weight is 363 g/mol. The molecule has 3 rings (SSSR count). The summed E-state index contributed by atoms with van der Waals surface area (Å²) >= 11 is 0. The van der Waals surface area contributed by atoms with Crippen molar-refractivity contribution >= 4 is 28.3 Å². The highest BCUT2D eigenvalue weighted by Crippen LogP contribution is 2.26. The van der Waals surface area contributed by atoms with Crippen molar-refractivity contribution in [3.8, 4) is 5.75 Å². The monoisotopic (exact) mass is 363 g/mol. The molecule has 0 aliphatic heterocycles. The Morgan fingerprint density at radius 3 is 2.33 bits per heavy atom. The normalized spacial score (nSPS) is 10.4. The molecule has 0 saturated heterocycles. The van der Waals surface area contributed by atoms with Crippen molar-refractivity contribution < 1.29 is 19.1 Å². The van der Waals surface area contributed by atoms with Crippen LogP contribution < -0.4 is 9.64 Å². The number of hydrogen-bond donors (Lipinski definition) is 0.